The maximum Gasteiger partial charge on any atom is 0.0697 e. The predicted octanol–water partition coefficient (Wildman–Crippen LogP) is 3.55. The van der Waals surface area contributed by atoms with Gasteiger partial charge in [0.2, 0.25) is 0 Å². The molecule has 16 heavy (non-hydrogen) atoms. The second-order valence-corrected chi connectivity index (χ2v) is 4.27. The van der Waals surface area contributed by atoms with Gasteiger partial charge in [-0.3, -0.25) is 4.98 Å². The number of benzene rings is 1. The molecule has 1 N–H and O–H groups in total. The molecule has 0 aliphatic rings. The fraction of sp³-hybridized carbons (Fsp3) is 0.0833. The molecule has 0 amide bonds. The molecule has 0 fully saturated rings. The summed E-state index contributed by atoms with van der Waals surface area (Å²) in [5.74, 6) is 0. The summed E-state index contributed by atoms with van der Waals surface area (Å²) < 4.78 is 0. The summed E-state index contributed by atoms with van der Waals surface area (Å²) in [4.78, 5) is 4.05. The lowest BCUT2D eigenvalue weighted by molar-refractivity contribution is 0.281. The Hall–Kier alpha value is -1.09. The van der Waals surface area contributed by atoms with Gasteiger partial charge in [-0.2, -0.15) is 0 Å². The summed E-state index contributed by atoms with van der Waals surface area (Å²) in [6.07, 6.45) is 3.33. The molecule has 0 saturated carbocycles. The average molecular weight is 254 g/mol. The van der Waals surface area contributed by atoms with Crippen LogP contribution in [0.1, 0.15) is 5.56 Å². The van der Waals surface area contributed by atoms with Crippen molar-refractivity contribution in [2.45, 2.75) is 6.61 Å². The Labute approximate surface area is 103 Å². The molecule has 0 bridgehead atoms. The van der Waals surface area contributed by atoms with Crippen LogP contribution in [-0.4, -0.2) is 10.1 Å². The summed E-state index contributed by atoms with van der Waals surface area (Å²) in [5.41, 5.74) is 2.53. The SMILES string of the molecule is OCc1cncc(-c2cc(Cl)cc(Cl)c2)c1. The normalized spacial score (nSPS) is 10.4. The zero-order valence-corrected chi connectivity index (χ0v) is 9.83. The van der Waals surface area contributed by atoms with E-state index in [1.165, 1.54) is 0 Å². The molecule has 1 aromatic carbocycles. The van der Waals surface area contributed by atoms with Gasteiger partial charge in [0.05, 0.1) is 6.61 Å². The molecular weight excluding hydrogens is 245 g/mol. The van der Waals surface area contributed by atoms with Crippen molar-refractivity contribution in [3.63, 3.8) is 0 Å². The molecule has 0 radical (unpaired) electrons. The van der Waals surface area contributed by atoms with E-state index >= 15 is 0 Å². The molecule has 0 spiro atoms. The second kappa shape index (κ2) is 4.83. The number of pyridine rings is 1. The Kier molecular flexibility index (Phi) is 3.44. The van der Waals surface area contributed by atoms with Crippen molar-refractivity contribution >= 4 is 23.2 Å². The van der Waals surface area contributed by atoms with E-state index in [9.17, 15) is 0 Å². The standard InChI is InChI=1S/C12H9Cl2NO/c13-11-2-9(3-12(14)4-11)10-1-8(7-16)5-15-6-10/h1-6,16H,7H2. The molecule has 2 aromatic rings. The van der Waals surface area contributed by atoms with E-state index in [1.54, 1.807) is 18.5 Å². The van der Waals surface area contributed by atoms with E-state index in [0.29, 0.717) is 10.0 Å². The molecule has 1 aromatic heterocycles. The van der Waals surface area contributed by atoms with Crippen LogP contribution in [0.4, 0.5) is 0 Å². The van der Waals surface area contributed by atoms with Crippen molar-refractivity contribution in [2.75, 3.05) is 0 Å². The number of aliphatic hydroxyl groups excluding tert-OH is 1. The minimum absolute atomic E-state index is 0.0326. The van der Waals surface area contributed by atoms with Gasteiger partial charge in [0.25, 0.3) is 0 Å². The van der Waals surface area contributed by atoms with Crippen molar-refractivity contribution in [3.05, 3.63) is 52.3 Å². The summed E-state index contributed by atoms with van der Waals surface area (Å²) in [6.45, 7) is -0.0326. The van der Waals surface area contributed by atoms with Crippen LogP contribution in [-0.2, 0) is 6.61 Å². The summed E-state index contributed by atoms with van der Waals surface area (Å²) in [5, 5.41) is 10.2. The van der Waals surface area contributed by atoms with Gasteiger partial charge in [0.1, 0.15) is 0 Å². The highest BCUT2D eigenvalue weighted by molar-refractivity contribution is 6.35. The maximum absolute atomic E-state index is 9.03. The Bertz CT molecular complexity index is 494. The zero-order chi connectivity index (χ0) is 11.5. The molecule has 0 atom stereocenters. The monoisotopic (exact) mass is 253 g/mol. The van der Waals surface area contributed by atoms with Gasteiger partial charge in [-0.1, -0.05) is 23.2 Å². The van der Waals surface area contributed by atoms with Crippen molar-refractivity contribution < 1.29 is 5.11 Å². The Morgan fingerprint density at radius 2 is 1.62 bits per heavy atom. The van der Waals surface area contributed by atoms with E-state index in [-0.39, 0.29) is 6.61 Å². The third kappa shape index (κ3) is 2.53. The zero-order valence-electron chi connectivity index (χ0n) is 8.32. The number of rotatable bonds is 2. The van der Waals surface area contributed by atoms with Gasteiger partial charge < -0.3 is 5.11 Å². The molecule has 0 aliphatic heterocycles. The van der Waals surface area contributed by atoms with Gasteiger partial charge in [0.15, 0.2) is 0 Å². The van der Waals surface area contributed by atoms with Gasteiger partial charge in [-0.05, 0) is 35.4 Å². The van der Waals surface area contributed by atoms with Crippen molar-refractivity contribution in [1.82, 2.24) is 4.98 Å². The largest absolute Gasteiger partial charge is 0.392 e. The first kappa shape index (κ1) is 11.4. The van der Waals surface area contributed by atoms with Crippen LogP contribution in [0.5, 0.6) is 0 Å². The lowest BCUT2D eigenvalue weighted by Gasteiger charge is -2.04. The number of halogens is 2. The second-order valence-electron chi connectivity index (χ2n) is 3.40. The maximum atomic E-state index is 9.03. The smallest absolute Gasteiger partial charge is 0.0697 e. The van der Waals surface area contributed by atoms with E-state index in [2.05, 4.69) is 4.98 Å². The van der Waals surface area contributed by atoms with Crippen molar-refractivity contribution in [1.29, 1.82) is 0 Å². The van der Waals surface area contributed by atoms with Gasteiger partial charge in [-0.15, -0.1) is 0 Å². The Morgan fingerprint density at radius 3 is 2.25 bits per heavy atom. The lowest BCUT2D eigenvalue weighted by Crippen LogP contribution is -1.87. The summed E-state index contributed by atoms with van der Waals surface area (Å²) >= 11 is 11.8. The molecule has 1 heterocycles. The molecule has 4 heteroatoms. The van der Waals surface area contributed by atoms with Crippen molar-refractivity contribution in [3.8, 4) is 11.1 Å². The van der Waals surface area contributed by atoms with E-state index < -0.39 is 0 Å². The molecule has 2 rings (SSSR count). The van der Waals surface area contributed by atoms with Gasteiger partial charge in [0, 0.05) is 28.0 Å². The van der Waals surface area contributed by atoms with Crippen LogP contribution < -0.4 is 0 Å². The first-order valence-corrected chi connectivity index (χ1v) is 5.46. The topological polar surface area (TPSA) is 33.1 Å². The quantitative estimate of drug-likeness (QED) is 0.888. The number of hydrogen-bond acceptors (Lipinski definition) is 2. The van der Waals surface area contributed by atoms with Crippen LogP contribution in [0, 0.1) is 0 Å². The lowest BCUT2D eigenvalue weighted by atomic mass is 10.1. The van der Waals surface area contributed by atoms with Crippen LogP contribution in [0.3, 0.4) is 0 Å². The highest BCUT2D eigenvalue weighted by Gasteiger charge is 2.02. The minimum Gasteiger partial charge on any atom is -0.392 e. The highest BCUT2D eigenvalue weighted by Crippen LogP contribution is 2.27. The number of hydrogen-bond donors (Lipinski definition) is 1. The highest BCUT2D eigenvalue weighted by atomic mass is 35.5. The Morgan fingerprint density at radius 1 is 0.938 bits per heavy atom. The molecular formula is C12H9Cl2NO. The summed E-state index contributed by atoms with van der Waals surface area (Å²) in [7, 11) is 0. The molecule has 0 aliphatic carbocycles. The van der Waals surface area contributed by atoms with Gasteiger partial charge in [-0.25, -0.2) is 0 Å². The van der Waals surface area contributed by atoms with Crippen LogP contribution in [0.25, 0.3) is 11.1 Å². The first-order valence-electron chi connectivity index (χ1n) is 4.70. The number of nitrogens with zero attached hydrogens (tertiary/aromatic N) is 1. The fourth-order valence-corrected chi connectivity index (χ4v) is 1.98. The van der Waals surface area contributed by atoms with Crippen LogP contribution in [0.15, 0.2) is 36.7 Å². The van der Waals surface area contributed by atoms with Gasteiger partial charge >= 0.3 is 0 Å². The van der Waals surface area contributed by atoms with E-state index in [1.807, 2.05) is 18.2 Å². The third-order valence-electron chi connectivity index (χ3n) is 2.17. The molecule has 82 valence electrons. The van der Waals surface area contributed by atoms with Crippen LogP contribution >= 0.6 is 23.2 Å². The fourth-order valence-electron chi connectivity index (χ4n) is 1.45. The summed E-state index contributed by atoms with van der Waals surface area (Å²) in [6, 6.07) is 7.15. The van der Waals surface area contributed by atoms with Crippen molar-refractivity contribution in [2.24, 2.45) is 0 Å². The van der Waals surface area contributed by atoms with Crippen LogP contribution in [0.2, 0.25) is 10.0 Å². The van der Waals surface area contributed by atoms with E-state index in [0.717, 1.165) is 16.7 Å². The molecule has 2 nitrogen and oxygen atoms in total. The number of aromatic nitrogens is 1. The third-order valence-corrected chi connectivity index (χ3v) is 2.61. The predicted molar refractivity (Wildman–Crippen MR) is 65.6 cm³/mol. The molecule has 0 saturated heterocycles. The Balaban J connectivity index is 2.49. The van der Waals surface area contributed by atoms with E-state index in [4.69, 9.17) is 28.3 Å². The average Bonchev–Trinajstić information content (AvgIpc) is 2.28. The first-order chi connectivity index (χ1) is 7.69. The molecule has 0 unspecified atom stereocenters. The minimum atomic E-state index is -0.0326. The number of aliphatic hydroxyl groups is 1.